The zero-order valence-electron chi connectivity index (χ0n) is 8.94. The molecule has 3 nitrogen and oxygen atoms in total. The van der Waals surface area contributed by atoms with E-state index >= 15 is 0 Å². The zero-order valence-corrected chi connectivity index (χ0v) is 8.94. The molecule has 0 saturated carbocycles. The van der Waals surface area contributed by atoms with Crippen LogP contribution in [0, 0.1) is 19.3 Å². The van der Waals surface area contributed by atoms with Crippen LogP contribution in [0.15, 0.2) is 36.4 Å². The summed E-state index contributed by atoms with van der Waals surface area (Å²) < 4.78 is 0. The molecule has 0 bridgehead atoms. The SMILES string of the molecule is C#Cc1cc(C)nc(Nc2ccccc2)n1. The van der Waals surface area contributed by atoms with E-state index in [2.05, 4.69) is 21.2 Å². The van der Waals surface area contributed by atoms with Crippen molar-refractivity contribution in [1.82, 2.24) is 9.97 Å². The highest BCUT2D eigenvalue weighted by Crippen LogP contribution is 2.12. The van der Waals surface area contributed by atoms with E-state index in [0.29, 0.717) is 11.6 Å². The number of hydrogen-bond acceptors (Lipinski definition) is 3. The van der Waals surface area contributed by atoms with Crippen molar-refractivity contribution in [3.63, 3.8) is 0 Å². The Morgan fingerprint density at radius 2 is 1.94 bits per heavy atom. The minimum absolute atomic E-state index is 0.527. The summed E-state index contributed by atoms with van der Waals surface area (Å²) in [5.74, 6) is 3.03. The maximum absolute atomic E-state index is 5.31. The van der Waals surface area contributed by atoms with E-state index in [1.165, 1.54) is 0 Å². The van der Waals surface area contributed by atoms with Crippen LogP contribution >= 0.6 is 0 Å². The molecule has 0 saturated heterocycles. The molecule has 3 heteroatoms. The molecule has 0 radical (unpaired) electrons. The molecular weight excluding hydrogens is 198 g/mol. The highest BCUT2D eigenvalue weighted by molar-refractivity contribution is 5.53. The van der Waals surface area contributed by atoms with Gasteiger partial charge in [-0.3, -0.25) is 0 Å². The molecule has 1 aromatic carbocycles. The van der Waals surface area contributed by atoms with Gasteiger partial charge in [0, 0.05) is 11.4 Å². The lowest BCUT2D eigenvalue weighted by atomic mass is 10.3. The summed E-state index contributed by atoms with van der Waals surface area (Å²) in [4.78, 5) is 8.45. The van der Waals surface area contributed by atoms with E-state index in [9.17, 15) is 0 Å². The van der Waals surface area contributed by atoms with Gasteiger partial charge in [0.15, 0.2) is 0 Å². The number of nitrogens with zero attached hydrogens (tertiary/aromatic N) is 2. The van der Waals surface area contributed by atoms with Crippen molar-refractivity contribution in [2.24, 2.45) is 0 Å². The fraction of sp³-hybridized carbons (Fsp3) is 0.0769. The van der Waals surface area contributed by atoms with Crippen molar-refractivity contribution < 1.29 is 0 Å². The summed E-state index contributed by atoms with van der Waals surface area (Å²) in [7, 11) is 0. The van der Waals surface area contributed by atoms with Crippen LogP contribution in [0.3, 0.4) is 0 Å². The lowest BCUT2D eigenvalue weighted by molar-refractivity contribution is 1.09. The molecule has 0 fully saturated rings. The van der Waals surface area contributed by atoms with Crippen molar-refractivity contribution in [1.29, 1.82) is 0 Å². The van der Waals surface area contributed by atoms with Crippen molar-refractivity contribution in [3.8, 4) is 12.3 Å². The minimum atomic E-state index is 0.527. The fourth-order valence-electron chi connectivity index (χ4n) is 1.35. The number of para-hydroxylation sites is 1. The Morgan fingerprint density at radius 1 is 1.19 bits per heavy atom. The third-order valence-corrected chi connectivity index (χ3v) is 2.03. The first-order chi connectivity index (χ1) is 7.78. The summed E-state index contributed by atoms with van der Waals surface area (Å²) in [5, 5.41) is 3.10. The molecule has 78 valence electrons. The number of aromatic nitrogens is 2. The summed E-state index contributed by atoms with van der Waals surface area (Å²) in [5.41, 5.74) is 2.38. The predicted molar refractivity (Wildman–Crippen MR) is 64.4 cm³/mol. The van der Waals surface area contributed by atoms with Gasteiger partial charge in [0.05, 0.1) is 0 Å². The Labute approximate surface area is 94.6 Å². The average molecular weight is 209 g/mol. The molecule has 2 aromatic rings. The number of anilines is 2. The highest BCUT2D eigenvalue weighted by Gasteiger charge is 2.00. The normalized spacial score (nSPS) is 9.50. The maximum atomic E-state index is 5.31. The quantitative estimate of drug-likeness (QED) is 0.772. The van der Waals surface area contributed by atoms with Crippen LogP contribution in [0.5, 0.6) is 0 Å². The minimum Gasteiger partial charge on any atom is -0.324 e. The van der Waals surface area contributed by atoms with Gasteiger partial charge in [-0.05, 0) is 25.1 Å². The number of rotatable bonds is 2. The van der Waals surface area contributed by atoms with Crippen molar-refractivity contribution in [3.05, 3.63) is 47.8 Å². The summed E-state index contributed by atoms with van der Waals surface area (Å²) in [6.45, 7) is 1.89. The summed E-state index contributed by atoms with van der Waals surface area (Å²) in [6, 6.07) is 11.5. The van der Waals surface area contributed by atoms with Crippen LogP contribution in [-0.4, -0.2) is 9.97 Å². The van der Waals surface area contributed by atoms with E-state index in [0.717, 1.165) is 11.4 Å². The van der Waals surface area contributed by atoms with Gasteiger partial charge in [-0.2, -0.15) is 0 Å². The van der Waals surface area contributed by atoms with Gasteiger partial charge < -0.3 is 5.32 Å². The number of terminal acetylenes is 1. The molecule has 0 unspecified atom stereocenters. The third kappa shape index (κ3) is 2.37. The van der Waals surface area contributed by atoms with Gasteiger partial charge in [0.1, 0.15) is 5.69 Å². The number of nitrogens with one attached hydrogen (secondary N) is 1. The van der Waals surface area contributed by atoms with Gasteiger partial charge in [0.2, 0.25) is 5.95 Å². The smallest absolute Gasteiger partial charge is 0.228 e. The fourth-order valence-corrected chi connectivity index (χ4v) is 1.35. The molecule has 2 rings (SSSR count). The lowest BCUT2D eigenvalue weighted by Crippen LogP contribution is -1.99. The molecule has 1 aromatic heterocycles. The van der Waals surface area contributed by atoms with E-state index < -0.39 is 0 Å². The van der Waals surface area contributed by atoms with E-state index in [1.807, 2.05) is 37.3 Å². The predicted octanol–water partition coefficient (Wildman–Crippen LogP) is 2.51. The van der Waals surface area contributed by atoms with Gasteiger partial charge in [-0.25, -0.2) is 9.97 Å². The maximum Gasteiger partial charge on any atom is 0.228 e. The molecule has 1 heterocycles. The molecule has 1 N–H and O–H groups in total. The molecule has 16 heavy (non-hydrogen) atoms. The van der Waals surface area contributed by atoms with Gasteiger partial charge in [-0.1, -0.05) is 24.1 Å². The number of benzene rings is 1. The van der Waals surface area contributed by atoms with Gasteiger partial charge in [0.25, 0.3) is 0 Å². The van der Waals surface area contributed by atoms with Crippen LogP contribution in [0.2, 0.25) is 0 Å². The van der Waals surface area contributed by atoms with Crippen LogP contribution in [0.1, 0.15) is 11.4 Å². The number of aryl methyl sites for hydroxylation is 1. The van der Waals surface area contributed by atoms with Crippen LogP contribution in [0.4, 0.5) is 11.6 Å². The first-order valence-electron chi connectivity index (χ1n) is 4.92. The van der Waals surface area contributed by atoms with Gasteiger partial charge in [-0.15, -0.1) is 6.42 Å². The first kappa shape index (κ1) is 10.2. The zero-order chi connectivity index (χ0) is 11.4. The molecule has 0 aliphatic heterocycles. The molecule has 0 aliphatic rings. The molecular formula is C13H11N3. The molecule has 0 spiro atoms. The summed E-state index contributed by atoms with van der Waals surface area (Å²) >= 11 is 0. The average Bonchev–Trinajstić information content (AvgIpc) is 2.29. The molecule has 0 amide bonds. The molecule has 0 aliphatic carbocycles. The summed E-state index contributed by atoms with van der Waals surface area (Å²) in [6.07, 6.45) is 5.31. The Kier molecular flexibility index (Phi) is 2.84. The first-order valence-corrected chi connectivity index (χ1v) is 4.92. The van der Waals surface area contributed by atoms with E-state index in [1.54, 1.807) is 6.07 Å². The largest absolute Gasteiger partial charge is 0.324 e. The lowest BCUT2D eigenvalue weighted by Gasteiger charge is -2.05. The second-order valence-corrected chi connectivity index (χ2v) is 3.35. The second kappa shape index (κ2) is 4.45. The van der Waals surface area contributed by atoms with Crippen molar-refractivity contribution >= 4 is 11.6 Å². The Balaban J connectivity index is 2.29. The highest BCUT2D eigenvalue weighted by atomic mass is 15.1. The van der Waals surface area contributed by atoms with Gasteiger partial charge >= 0.3 is 0 Å². The molecule has 0 atom stereocenters. The van der Waals surface area contributed by atoms with Crippen LogP contribution in [0.25, 0.3) is 0 Å². The third-order valence-electron chi connectivity index (χ3n) is 2.03. The Bertz CT molecular complexity index is 527. The van der Waals surface area contributed by atoms with Crippen molar-refractivity contribution in [2.45, 2.75) is 6.92 Å². The van der Waals surface area contributed by atoms with E-state index in [4.69, 9.17) is 6.42 Å². The Hall–Kier alpha value is -2.34. The topological polar surface area (TPSA) is 37.8 Å². The van der Waals surface area contributed by atoms with Crippen molar-refractivity contribution in [2.75, 3.05) is 5.32 Å². The monoisotopic (exact) mass is 209 g/mol. The Morgan fingerprint density at radius 3 is 2.62 bits per heavy atom. The number of hydrogen-bond donors (Lipinski definition) is 1. The van der Waals surface area contributed by atoms with E-state index in [-0.39, 0.29) is 0 Å². The second-order valence-electron chi connectivity index (χ2n) is 3.35. The van der Waals surface area contributed by atoms with Crippen LogP contribution < -0.4 is 5.32 Å². The van der Waals surface area contributed by atoms with Crippen LogP contribution in [-0.2, 0) is 0 Å². The standard InChI is InChI=1S/C13H11N3/c1-3-11-9-10(2)14-13(15-11)16-12-7-5-4-6-8-12/h1,4-9H,2H3,(H,14,15,16).